The van der Waals surface area contributed by atoms with E-state index in [1.165, 1.54) is 6.42 Å². The summed E-state index contributed by atoms with van der Waals surface area (Å²) < 4.78 is 5.26. The molecule has 1 unspecified atom stereocenters. The summed E-state index contributed by atoms with van der Waals surface area (Å²) in [6, 6.07) is 0.558. The molecule has 2 N–H and O–H groups in total. The van der Waals surface area contributed by atoms with Crippen molar-refractivity contribution in [2.75, 3.05) is 32.8 Å². The third-order valence-electron chi connectivity index (χ3n) is 2.04. The van der Waals surface area contributed by atoms with Gasteiger partial charge in [-0.05, 0) is 39.8 Å². The molecule has 0 aromatic heterocycles. The molecule has 0 rings (SSSR count). The molecule has 0 amide bonds. The summed E-state index contributed by atoms with van der Waals surface area (Å²) in [7, 11) is 0. The molecular formula is C11H26N2O. The first-order valence-corrected chi connectivity index (χ1v) is 5.83. The van der Waals surface area contributed by atoms with Crippen molar-refractivity contribution in [2.24, 2.45) is 0 Å². The Bertz CT molecular complexity index is 109. The van der Waals surface area contributed by atoms with Crippen LogP contribution in [-0.2, 0) is 4.74 Å². The van der Waals surface area contributed by atoms with E-state index >= 15 is 0 Å². The van der Waals surface area contributed by atoms with Crippen LogP contribution in [0.2, 0.25) is 0 Å². The average Bonchev–Trinajstić information content (AvgIpc) is 2.18. The van der Waals surface area contributed by atoms with Crippen molar-refractivity contribution in [1.82, 2.24) is 10.6 Å². The van der Waals surface area contributed by atoms with Gasteiger partial charge in [0, 0.05) is 25.8 Å². The highest BCUT2D eigenvalue weighted by molar-refractivity contribution is 4.63. The summed E-state index contributed by atoms with van der Waals surface area (Å²) in [5.74, 6) is 0. The fourth-order valence-corrected chi connectivity index (χ4v) is 1.23. The second-order valence-corrected chi connectivity index (χ2v) is 3.61. The van der Waals surface area contributed by atoms with Crippen LogP contribution in [0.4, 0.5) is 0 Å². The number of ether oxygens (including phenoxy) is 1. The maximum atomic E-state index is 5.26. The molecule has 1 atom stereocenters. The van der Waals surface area contributed by atoms with E-state index in [2.05, 4.69) is 24.5 Å². The lowest BCUT2D eigenvalue weighted by molar-refractivity contribution is 0.144. The number of hydrogen-bond acceptors (Lipinski definition) is 3. The van der Waals surface area contributed by atoms with Gasteiger partial charge in [0.2, 0.25) is 0 Å². The van der Waals surface area contributed by atoms with E-state index in [4.69, 9.17) is 4.74 Å². The molecule has 3 nitrogen and oxygen atoms in total. The topological polar surface area (TPSA) is 33.3 Å². The van der Waals surface area contributed by atoms with Gasteiger partial charge in [0.15, 0.2) is 0 Å². The number of rotatable bonds is 10. The third kappa shape index (κ3) is 9.96. The van der Waals surface area contributed by atoms with Crippen LogP contribution in [0.1, 0.15) is 33.6 Å². The summed E-state index contributed by atoms with van der Waals surface area (Å²) >= 11 is 0. The lowest BCUT2D eigenvalue weighted by Crippen LogP contribution is -2.37. The molecule has 0 aliphatic rings. The first-order valence-electron chi connectivity index (χ1n) is 5.83. The number of hydrogen-bond donors (Lipinski definition) is 2. The van der Waals surface area contributed by atoms with Crippen molar-refractivity contribution in [2.45, 2.75) is 39.7 Å². The predicted molar refractivity (Wildman–Crippen MR) is 61.7 cm³/mol. The molecule has 0 fully saturated rings. The van der Waals surface area contributed by atoms with Gasteiger partial charge in [0.1, 0.15) is 0 Å². The Labute approximate surface area is 88.6 Å². The molecule has 0 heterocycles. The van der Waals surface area contributed by atoms with E-state index in [1.807, 2.05) is 6.92 Å². The quantitative estimate of drug-likeness (QED) is 0.525. The predicted octanol–water partition coefficient (Wildman–Crippen LogP) is 1.39. The van der Waals surface area contributed by atoms with Gasteiger partial charge in [-0.2, -0.15) is 0 Å². The summed E-state index contributed by atoms with van der Waals surface area (Å²) in [5.41, 5.74) is 0. The molecule has 0 radical (unpaired) electrons. The van der Waals surface area contributed by atoms with Crippen molar-refractivity contribution in [3.63, 3.8) is 0 Å². The standard InChI is InChI=1S/C11H26N2O/c1-4-7-12-10-11(3)13-8-6-9-14-5-2/h11-13H,4-10H2,1-3H3. The van der Waals surface area contributed by atoms with Crippen molar-refractivity contribution >= 4 is 0 Å². The normalized spacial score (nSPS) is 13.1. The Morgan fingerprint density at radius 1 is 1.21 bits per heavy atom. The molecule has 14 heavy (non-hydrogen) atoms. The molecular weight excluding hydrogens is 176 g/mol. The fraction of sp³-hybridized carbons (Fsp3) is 1.00. The summed E-state index contributed by atoms with van der Waals surface area (Å²) in [6.45, 7) is 11.4. The van der Waals surface area contributed by atoms with E-state index in [0.29, 0.717) is 6.04 Å². The van der Waals surface area contributed by atoms with Gasteiger partial charge in [-0.25, -0.2) is 0 Å². The molecule has 0 saturated carbocycles. The number of nitrogens with one attached hydrogen (secondary N) is 2. The zero-order valence-electron chi connectivity index (χ0n) is 9.94. The van der Waals surface area contributed by atoms with Crippen LogP contribution in [0.3, 0.4) is 0 Å². The zero-order chi connectivity index (χ0) is 10.6. The van der Waals surface area contributed by atoms with Crippen LogP contribution in [0, 0.1) is 0 Å². The minimum atomic E-state index is 0.558. The first kappa shape index (κ1) is 13.9. The Kier molecular flexibility index (Phi) is 10.9. The highest BCUT2D eigenvalue weighted by atomic mass is 16.5. The lowest BCUT2D eigenvalue weighted by Gasteiger charge is -2.14. The summed E-state index contributed by atoms with van der Waals surface area (Å²) in [6.07, 6.45) is 2.31. The lowest BCUT2D eigenvalue weighted by atomic mass is 10.3. The molecule has 0 aromatic carbocycles. The average molecular weight is 202 g/mol. The van der Waals surface area contributed by atoms with Crippen molar-refractivity contribution in [3.05, 3.63) is 0 Å². The molecule has 86 valence electrons. The first-order chi connectivity index (χ1) is 6.81. The molecule has 0 bridgehead atoms. The zero-order valence-corrected chi connectivity index (χ0v) is 9.94. The van der Waals surface area contributed by atoms with E-state index in [0.717, 1.165) is 39.3 Å². The third-order valence-corrected chi connectivity index (χ3v) is 2.04. The fourth-order valence-electron chi connectivity index (χ4n) is 1.23. The van der Waals surface area contributed by atoms with Crippen molar-refractivity contribution in [1.29, 1.82) is 0 Å². The largest absolute Gasteiger partial charge is 0.382 e. The highest BCUT2D eigenvalue weighted by Crippen LogP contribution is 1.84. The second kappa shape index (κ2) is 11.0. The minimum Gasteiger partial charge on any atom is -0.382 e. The van der Waals surface area contributed by atoms with Gasteiger partial charge in [-0.3, -0.25) is 0 Å². The Morgan fingerprint density at radius 3 is 2.64 bits per heavy atom. The van der Waals surface area contributed by atoms with Crippen LogP contribution >= 0.6 is 0 Å². The van der Waals surface area contributed by atoms with E-state index < -0.39 is 0 Å². The summed E-state index contributed by atoms with van der Waals surface area (Å²) in [4.78, 5) is 0. The van der Waals surface area contributed by atoms with E-state index in [9.17, 15) is 0 Å². The summed E-state index contributed by atoms with van der Waals surface area (Å²) in [5, 5.41) is 6.85. The SMILES string of the molecule is CCCNCC(C)NCCCOCC. The molecule has 0 saturated heterocycles. The highest BCUT2D eigenvalue weighted by Gasteiger charge is 1.98. The smallest absolute Gasteiger partial charge is 0.0477 e. The maximum Gasteiger partial charge on any atom is 0.0477 e. The van der Waals surface area contributed by atoms with Crippen LogP contribution in [-0.4, -0.2) is 38.9 Å². The van der Waals surface area contributed by atoms with Crippen LogP contribution < -0.4 is 10.6 Å². The Balaban J connectivity index is 3.06. The molecule has 0 aromatic rings. The Morgan fingerprint density at radius 2 is 2.00 bits per heavy atom. The van der Waals surface area contributed by atoms with Crippen molar-refractivity contribution in [3.8, 4) is 0 Å². The van der Waals surface area contributed by atoms with Crippen LogP contribution in [0.15, 0.2) is 0 Å². The van der Waals surface area contributed by atoms with Gasteiger partial charge in [-0.1, -0.05) is 6.92 Å². The van der Waals surface area contributed by atoms with Gasteiger partial charge < -0.3 is 15.4 Å². The second-order valence-electron chi connectivity index (χ2n) is 3.61. The van der Waals surface area contributed by atoms with Gasteiger partial charge in [0.25, 0.3) is 0 Å². The van der Waals surface area contributed by atoms with Crippen LogP contribution in [0.5, 0.6) is 0 Å². The van der Waals surface area contributed by atoms with Crippen molar-refractivity contribution < 1.29 is 4.74 Å². The maximum absolute atomic E-state index is 5.26. The Hall–Kier alpha value is -0.120. The minimum absolute atomic E-state index is 0.558. The van der Waals surface area contributed by atoms with E-state index in [-0.39, 0.29) is 0 Å². The monoisotopic (exact) mass is 202 g/mol. The molecule has 0 aliphatic carbocycles. The molecule has 0 aliphatic heterocycles. The van der Waals surface area contributed by atoms with Crippen LogP contribution in [0.25, 0.3) is 0 Å². The van der Waals surface area contributed by atoms with Gasteiger partial charge in [-0.15, -0.1) is 0 Å². The van der Waals surface area contributed by atoms with E-state index in [1.54, 1.807) is 0 Å². The molecule has 0 spiro atoms. The van der Waals surface area contributed by atoms with Gasteiger partial charge in [0.05, 0.1) is 0 Å². The van der Waals surface area contributed by atoms with Gasteiger partial charge >= 0.3 is 0 Å². The molecule has 3 heteroatoms.